The molecule has 0 bridgehead atoms. The molecule has 0 amide bonds. The number of hydrogen-bond acceptors (Lipinski definition) is 1. The quantitative estimate of drug-likeness (QED) is 0.469. The van der Waals surface area contributed by atoms with Crippen LogP contribution >= 0.6 is 0 Å². The Morgan fingerprint density at radius 1 is 0.839 bits per heavy atom. The molecule has 1 fully saturated rings. The highest BCUT2D eigenvalue weighted by atomic mass is 14.8. The number of hydrogen-bond donors (Lipinski definition) is 1. The summed E-state index contributed by atoms with van der Waals surface area (Å²) in [7, 11) is 0. The lowest BCUT2D eigenvalue weighted by Gasteiger charge is -2.29. The van der Waals surface area contributed by atoms with E-state index in [0.29, 0.717) is 18.5 Å². The van der Waals surface area contributed by atoms with Crippen LogP contribution in [0.3, 0.4) is 0 Å². The largest absolute Gasteiger partial charge is 0.349 e. The van der Waals surface area contributed by atoms with Crippen molar-refractivity contribution in [2.75, 3.05) is 0 Å². The second-order valence-electron chi connectivity index (χ2n) is 9.76. The molecule has 0 aliphatic heterocycles. The second kappa shape index (κ2) is 11.4. The number of nitrogens with zero attached hydrogens (tertiary/aromatic N) is 1. The van der Waals surface area contributed by atoms with E-state index < -0.39 is 0 Å². The van der Waals surface area contributed by atoms with E-state index in [1.54, 1.807) is 12.5 Å². The van der Waals surface area contributed by atoms with Crippen LogP contribution in [0.25, 0.3) is 0 Å². The Bertz CT molecular complexity index is 857. The maximum atomic E-state index is 3.77. The number of H-pyrrole nitrogens is 1. The highest BCUT2D eigenvalue weighted by Gasteiger charge is 2.30. The molecule has 1 saturated carbocycles. The SMILES string of the molecule is CC(C)c1cccc(B(c2cccc(C(C)C)c2)C2CCCCC2)c1.Cc1cnc[nH]1. The van der Waals surface area contributed by atoms with Crippen molar-refractivity contribution in [3.63, 3.8) is 0 Å². The van der Waals surface area contributed by atoms with E-state index in [9.17, 15) is 0 Å². The van der Waals surface area contributed by atoms with E-state index in [-0.39, 0.29) is 0 Å². The first-order valence-corrected chi connectivity index (χ1v) is 12.1. The van der Waals surface area contributed by atoms with Gasteiger partial charge in [0.1, 0.15) is 0 Å². The maximum Gasteiger partial charge on any atom is 0.212 e. The Hall–Kier alpha value is -2.29. The Kier molecular flexibility index (Phi) is 8.57. The minimum absolute atomic E-state index is 0.553. The van der Waals surface area contributed by atoms with Crippen molar-refractivity contribution in [1.82, 2.24) is 9.97 Å². The zero-order valence-corrected chi connectivity index (χ0v) is 20.1. The van der Waals surface area contributed by atoms with Gasteiger partial charge in [-0.3, -0.25) is 0 Å². The molecule has 1 aliphatic carbocycles. The summed E-state index contributed by atoms with van der Waals surface area (Å²) in [5, 5.41) is 0. The second-order valence-corrected chi connectivity index (χ2v) is 9.76. The van der Waals surface area contributed by atoms with Crippen molar-refractivity contribution in [2.24, 2.45) is 0 Å². The standard InChI is InChI=1S/C24H33B.C4H6N2/c1-18(2)20-10-8-14-23(16-20)25(22-12-6-5-7-13-22)24-15-9-11-21(17-24)19(3)4;1-4-2-5-3-6-4/h8-11,14-19,22H,5-7,12-13H2,1-4H3;2-3H,1H3,(H,5,6). The topological polar surface area (TPSA) is 28.7 Å². The molecule has 164 valence electrons. The van der Waals surface area contributed by atoms with Crippen LogP contribution < -0.4 is 10.9 Å². The monoisotopic (exact) mass is 414 g/mol. The summed E-state index contributed by atoms with van der Waals surface area (Å²) in [4.78, 5) is 6.66. The Balaban J connectivity index is 0.000000391. The van der Waals surface area contributed by atoms with Crippen LogP contribution in [0.5, 0.6) is 0 Å². The van der Waals surface area contributed by atoms with Crippen molar-refractivity contribution in [1.29, 1.82) is 0 Å². The normalized spacial score (nSPS) is 14.4. The van der Waals surface area contributed by atoms with Crippen molar-refractivity contribution >= 4 is 17.6 Å². The van der Waals surface area contributed by atoms with Gasteiger partial charge in [0, 0.05) is 11.9 Å². The Labute approximate surface area is 190 Å². The number of benzene rings is 2. The highest BCUT2D eigenvalue weighted by molar-refractivity contribution is 6.86. The van der Waals surface area contributed by atoms with Gasteiger partial charge in [0.05, 0.1) is 6.33 Å². The van der Waals surface area contributed by atoms with Crippen molar-refractivity contribution in [3.8, 4) is 0 Å². The molecule has 3 heteroatoms. The molecule has 0 radical (unpaired) electrons. The molecule has 4 rings (SSSR count). The van der Waals surface area contributed by atoms with Gasteiger partial charge in [-0.2, -0.15) is 0 Å². The Morgan fingerprint density at radius 3 is 1.77 bits per heavy atom. The number of aryl methyl sites for hydroxylation is 1. The van der Waals surface area contributed by atoms with Crippen LogP contribution in [0.15, 0.2) is 61.1 Å². The van der Waals surface area contributed by atoms with E-state index in [1.165, 1.54) is 54.2 Å². The van der Waals surface area contributed by atoms with Crippen molar-refractivity contribution in [3.05, 3.63) is 77.9 Å². The van der Waals surface area contributed by atoms with Gasteiger partial charge in [0.2, 0.25) is 6.71 Å². The van der Waals surface area contributed by atoms with Crippen LogP contribution in [0.1, 0.15) is 88.5 Å². The molecule has 0 saturated heterocycles. The third-order valence-electron chi connectivity index (χ3n) is 6.63. The third-order valence-corrected chi connectivity index (χ3v) is 6.63. The lowest BCUT2D eigenvalue weighted by molar-refractivity contribution is 0.499. The van der Waals surface area contributed by atoms with Gasteiger partial charge in [-0.05, 0) is 29.9 Å². The molecule has 2 aromatic carbocycles. The molecule has 1 aromatic heterocycles. The molecule has 0 spiro atoms. The first-order chi connectivity index (χ1) is 15.0. The maximum absolute atomic E-state index is 3.77. The van der Waals surface area contributed by atoms with Crippen molar-refractivity contribution in [2.45, 2.75) is 84.4 Å². The van der Waals surface area contributed by atoms with E-state index in [1.807, 2.05) is 6.92 Å². The fourth-order valence-corrected chi connectivity index (χ4v) is 4.75. The van der Waals surface area contributed by atoms with Crippen LogP contribution in [-0.2, 0) is 0 Å². The van der Waals surface area contributed by atoms with Crippen LogP contribution in [0.4, 0.5) is 0 Å². The molecule has 0 atom stereocenters. The van der Waals surface area contributed by atoms with E-state index in [0.717, 1.165) is 11.5 Å². The van der Waals surface area contributed by atoms with Crippen molar-refractivity contribution < 1.29 is 0 Å². The highest BCUT2D eigenvalue weighted by Crippen LogP contribution is 2.31. The summed E-state index contributed by atoms with van der Waals surface area (Å²) in [6, 6.07) is 18.8. The zero-order chi connectivity index (χ0) is 22.2. The van der Waals surface area contributed by atoms with Gasteiger partial charge in [0.25, 0.3) is 0 Å². The third kappa shape index (κ3) is 6.60. The molecule has 2 nitrogen and oxygen atoms in total. The molecule has 0 unspecified atom stereocenters. The van der Waals surface area contributed by atoms with Crippen LogP contribution in [-0.4, -0.2) is 16.7 Å². The summed E-state index contributed by atoms with van der Waals surface area (Å²) < 4.78 is 0. The number of aromatic nitrogens is 2. The molecule has 1 heterocycles. The molecule has 3 aromatic rings. The molecule has 1 aliphatic rings. The number of imidazole rings is 1. The molecule has 31 heavy (non-hydrogen) atoms. The van der Waals surface area contributed by atoms with Gasteiger partial charge < -0.3 is 4.98 Å². The van der Waals surface area contributed by atoms with E-state index >= 15 is 0 Å². The smallest absolute Gasteiger partial charge is 0.212 e. The molecular weight excluding hydrogens is 375 g/mol. The van der Waals surface area contributed by atoms with Gasteiger partial charge in [-0.1, -0.05) is 125 Å². The van der Waals surface area contributed by atoms with Crippen LogP contribution in [0, 0.1) is 6.92 Å². The summed E-state index contributed by atoms with van der Waals surface area (Å²) in [6.07, 6.45) is 10.4. The number of nitrogens with one attached hydrogen (secondary N) is 1. The van der Waals surface area contributed by atoms with E-state index in [4.69, 9.17) is 0 Å². The fourth-order valence-electron chi connectivity index (χ4n) is 4.75. The predicted octanol–water partition coefficient (Wildman–Crippen LogP) is 6.59. The van der Waals surface area contributed by atoms with Crippen LogP contribution in [0.2, 0.25) is 5.82 Å². The summed E-state index contributed by atoms with van der Waals surface area (Å²) in [5.74, 6) is 1.97. The summed E-state index contributed by atoms with van der Waals surface area (Å²) >= 11 is 0. The fraction of sp³-hybridized carbons (Fsp3) is 0.464. The minimum Gasteiger partial charge on any atom is -0.349 e. The summed E-state index contributed by atoms with van der Waals surface area (Å²) in [6.45, 7) is 11.7. The van der Waals surface area contributed by atoms with Gasteiger partial charge in [0.15, 0.2) is 0 Å². The van der Waals surface area contributed by atoms with Gasteiger partial charge >= 0.3 is 0 Å². The molecular formula is C28H39BN2. The first-order valence-electron chi connectivity index (χ1n) is 12.1. The van der Waals surface area contributed by atoms with Gasteiger partial charge in [-0.15, -0.1) is 0 Å². The van der Waals surface area contributed by atoms with E-state index in [2.05, 4.69) is 86.2 Å². The lowest BCUT2D eigenvalue weighted by atomic mass is 9.31. The average molecular weight is 414 g/mol. The Morgan fingerprint density at radius 2 is 1.39 bits per heavy atom. The number of aromatic amines is 1. The lowest BCUT2D eigenvalue weighted by Crippen LogP contribution is -2.47. The zero-order valence-electron chi connectivity index (χ0n) is 20.1. The minimum atomic E-state index is 0.553. The molecule has 1 N–H and O–H groups in total. The predicted molar refractivity (Wildman–Crippen MR) is 136 cm³/mol. The summed E-state index contributed by atoms with van der Waals surface area (Å²) in [5.41, 5.74) is 7.10. The number of rotatable bonds is 5. The van der Waals surface area contributed by atoms with Gasteiger partial charge in [-0.25, -0.2) is 4.98 Å². The average Bonchev–Trinajstić information content (AvgIpc) is 3.26. The first kappa shape index (κ1) is 23.4.